The number of hydrogen-bond donors (Lipinski definition) is 0. The average molecular weight is 433 g/mol. The van der Waals surface area contributed by atoms with Crippen molar-refractivity contribution in [2.24, 2.45) is 0 Å². The zero-order valence-corrected chi connectivity index (χ0v) is 16.5. The summed E-state index contributed by atoms with van der Waals surface area (Å²) in [4.78, 5) is 0. The Balaban J connectivity index is 0.00000147. The molecule has 114 valence electrons. The first kappa shape index (κ1) is 21.9. The summed E-state index contributed by atoms with van der Waals surface area (Å²) in [6.07, 6.45) is 15.0. The van der Waals surface area contributed by atoms with Crippen molar-refractivity contribution in [1.82, 2.24) is 0 Å². The van der Waals surface area contributed by atoms with Crippen molar-refractivity contribution in [3.63, 3.8) is 0 Å². The van der Waals surface area contributed by atoms with Crippen LogP contribution >= 0.6 is 0 Å². The number of halogens is 3. The van der Waals surface area contributed by atoms with Crippen molar-refractivity contribution in [2.75, 3.05) is 0 Å². The van der Waals surface area contributed by atoms with Gasteiger partial charge in [-0.3, -0.25) is 0 Å². The van der Waals surface area contributed by atoms with Crippen LogP contribution in [0, 0.1) is 0 Å². The van der Waals surface area contributed by atoms with Crippen molar-refractivity contribution in [2.45, 2.75) is 18.4 Å². The third-order valence-corrected chi connectivity index (χ3v) is 4.53. The summed E-state index contributed by atoms with van der Waals surface area (Å²) < 4.78 is 6.17. The van der Waals surface area contributed by atoms with Gasteiger partial charge in [0.05, 0.1) is 0 Å². The van der Waals surface area contributed by atoms with Crippen LogP contribution in [-0.2, 0) is 33.6 Å². The maximum atomic E-state index is 6.17. The van der Waals surface area contributed by atoms with Crippen LogP contribution in [0.1, 0.15) is 18.4 Å². The van der Waals surface area contributed by atoms with Gasteiger partial charge in [-0.1, -0.05) is 0 Å². The van der Waals surface area contributed by atoms with E-state index in [4.69, 9.17) is 2.81 Å². The molecular weight excluding hydrogens is 418 g/mol. The first-order chi connectivity index (χ1) is 9.38. The molecule has 0 aliphatic heterocycles. The number of allylic oxidation sites excluding steroid dienone is 6. The summed E-state index contributed by atoms with van der Waals surface area (Å²) >= 11 is 1.10. The summed E-state index contributed by atoms with van der Waals surface area (Å²) in [6, 6.07) is 10.6. The molecule has 0 unspecified atom stereocenters. The van der Waals surface area contributed by atoms with Gasteiger partial charge in [-0.15, -0.1) is 0 Å². The van der Waals surface area contributed by atoms with E-state index in [0.29, 0.717) is 0 Å². The molecule has 0 saturated carbocycles. The van der Waals surface area contributed by atoms with E-state index in [0.717, 1.165) is 38.0 Å². The quantitative estimate of drug-likeness (QED) is 0.464. The fourth-order valence-electron chi connectivity index (χ4n) is 2.86. The molecule has 0 atom stereocenters. The summed E-state index contributed by atoms with van der Waals surface area (Å²) in [7, 11) is 0. The summed E-state index contributed by atoms with van der Waals surface area (Å²) in [5, 5.41) is 0. The predicted molar refractivity (Wildman–Crippen MR) is 72.9 cm³/mol. The molecule has 2 aliphatic rings. The van der Waals surface area contributed by atoms with Crippen molar-refractivity contribution in [3.8, 4) is 0 Å². The van der Waals surface area contributed by atoms with Gasteiger partial charge in [-0.05, 0) is 0 Å². The Kier molecular flexibility index (Phi) is 9.86. The van der Waals surface area contributed by atoms with Crippen LogP contribution in [-0.4, -0.2) is 0 Å². The SMILES string of the molecule is [Cl-].[Cl-].[Cl-].[Zr+3][O]C(C1=CC=CC1)(C1=CC=CC1)c1ccccc1. The molecule has 5 heteroatoms. The molecule has 0 aromatic heterocycles. The van der Waals surface area contributed by atoms with E-state index in [1.807, 2.05) is 0 Å². The fourth-order valence-corrected chi connectivity index (χ4v) is 3.79. The molecular formula is C17H15Cl3OZr. The number of hydrogen-bond acceptors (Lipinski definition) is 1. The molecule has 0 radical (unpaired) electrons. The molecule has 0 fully saturated rings. The van der Waals surface area contributed by atoms with E-state index in [-0.39, 0.29) is 42.8 Å². The van der Waals surface area contributed by atoms with E-state index in [1.165, 1.54) is 16.7 Å². The van der Waals surface area contributed by atoms with E-state index < -0.39 is 0 Å². The van der Waals surface area contributed by atoms with E-state index in [1.54, 1.807) is 0 Å². The normalized spacial score (nSPS) is 15.4. The molecule has 0 saturated heterocycles. The van der Waals surface area contributed by atoms with E-state index in [2.05, 4.69) is 66.8 Å². The molecule has 1 aromatic carbocycles. The minimum absolute atomic E-state index is 0. The number of rotatable bonds is 4. The topological polar surface area (TPSA) is 9.23 Å². The van der Waals surface area contributed by atoms with E-state index >= 15 is 0 Å². The minimum atomic E-state index is -0.368. The monoisotopic (exact) mass is 430 g/mol. The van der Waals surface area contributed by atoms with Gasteiger partial charge < -0.3 is 37.2 Å². The molecule has 0 bridgehead atoms. The third-order valence-electron chi connectivity index (χ3n) is 3.78. The molecule has 3 rings (SSSR count). The molecule has 1 nitrogen and oxygen atoms in total. The van der Waals surface area contributed by atoms with Gasteiger partial charge in [0.25, 0.3) is 0 Å². The van der Waals surface area contributed by atoms with Crippen molar-refractivity contribution < 1.29 is 65.2 Å². The third kappa shape index (κ3) is 3.86. The summed E-state index contributed by atoms with van der Waals surface area (Å²) in [5.41, 5.74) is 3.54. The molecule has 22 heavy (non-hydrogen) atoms. The van der Waals surface area contributed by atoms with Crippen LogP contribution in [0.25, 0.3) is 0 Å². The van der Waals surface area contributed by atoms with Crippen LogP contribution in [0.2, 0.25) is 0 Å². The zero-order chi connectivity index (χ0) is 13.1. The predicted octanol–water partition coefficient (Wildman–Crippen LogP) is -4.86. The second-order valence-corrected chi connectivity index (χ2v) is 5.30. The van der Waals surface area contributed by atoms with Crippen LogP contribution in [0.4, 0.5) is 0 Å². The molecule has 0 spiro atoms. The molecule has 0 N–H and O–H groups in total. The summed E-state index contributed by atoms with van der Waals surface area (Å²) in [6.45, 7) is 0. The summed E-state index contributed by atoms with van der Waals surface area (Å²) in [5.74, 6) is 0. The van der Waals surface area contributed by atoms with Gasteiger partial charge in [0, 0.05) is 0 Å². The molecule has 0 amide bonds. The Morgan fingerprint density at radius 3 is 1.68 bits per heavy atom. The standard InChI is InChI=1S/C17H15O.3ClH.Zr/c18-17(15-10-4-5-11-15,16-12-6-7-13-16)14-8-2-1-3-9-14;;;;/h1-10,12H,11,13H2;3*1H;/q-1;;;;+4/p-3. The second-order valence-electron chi connectivity index (χ2n) is 4.80. The fraction of sp³-hybridized carbons (Fsp3) is 0.176. The van der Waals surface area contributed by atoms with Gasteiger partial charge in [-0.2, -0.15) is 0 Å². The van der Waals surface area contributed by atoms with Crippen LogP contribution in [0.5, 0.6) is 0 Å². The number of benzene rings is 1. The average Bonchev–Trinajstić information content (AvgIpc) is 3.15. The van der Waals surface area contributed by atoms with Crippen molar-refractivity contribution in [3.05, 3.63) is 83.5 Å². The van der Waals surface area contributed by atoms with Gasteiger partial charge >= 0.3 is 130 Å². The Labute approximate surface area is 166 Å². The van der Waals surface area contributed by atoms with Gasteiger partial charge in [0.15, 0.2) is 0 Å². The second kappa shape index (κ2) is 9.90. The Morgan fingerprint density at radius 2 is 1.32 bits per heavy atom. The first-order valence-electron chi connectivity index (χ1n) is 6.50. The zero-order valence-electron chi connectivity index (χ0n) is 11.8. The van der Waals surface area contributed by atoms with Gasteiger partial charge in [0.1, 0.15) is 0 Å². The van der Waals surface area contributed by atoms with Crippen LogP contribution < -0.4 is 37.2 Å². The Hall–Kier alpha value is -0.107. The molecule has 2 aliphatic carbocycles. The molecule has 1 aromatic rings. The first-order valence-corrected chi connectivity index (χ1v) is 7.51. The van der Waals surface area contributed by atoms with Gasteiger partial charge in [-0.25, -0.2) is 0 Å². The Bertz CT molecular complexity index is 561. The molecule has 0 heterocycles. The van der Waals surface area contributed by atoms with Crippen molar-refractivity contribution in [1.29, 1.82) is 0 Å². The maximum absolute atomic E-state index is 6.17. The van der Waals surface area contributed by atoms with Crippen molar-refractivity contribution >= 4 is 0 Å². The van der Waals surface area contributed by atoms with Gasteiger partial charge in [0.2, 0.25) is 0 Å². The van der Waals surface area contributed by atoms with E-state index in [9.17, 15) is 0 Å². The van der Waals surface area contributed by atoms with Crippen LogP contribution in [0.15, 0.2) is 77.9 Å². The Morgan fingerprint density at radius 1 is 0.818 bits per heavy atom. The van der Waals surface area contributed by atoms with Crippen LogP contribution in [0.3, 0.4) is 0 Å².